The second-order valence-corrected chi connectivity index (χ2v) is 11.6. The minimum Gasteiger partial charge on any atom is -0.378 e. The molecule has 0 radical (unpaired) electrons. The third-order valence-electron chi connectivity index (χ3n) is 8.96. The van der Waals surface area contributed by atoms with E-state index in [1.54, 1.807) is 0 Å². The SMILES string of the molecule is C[n+]1c(/C=C/c2ccc(/C=C/c3cc(N4CCOCC4)c4ccccc4[n+]3C)cc2)cc(N2CCOCC2)c2ccccc21. The number of morpholine rings is 2. The van der Waals surface area contributed by atoms with E-state index in [2.05, 4.69) is 142 Å². The highest BCUT2D eigenvalue weighted by molar-refractivity contribution is 5.92. The number of hydrogen-bond acceptors (Lipinski definition) is 4. The summed E-state index contributed by atoms with van der Waals surface area (Å²) >= 11 is 0. The van der Waals surface area contributed by atoms with E-state index in [-0.39, 0.29) is 0 Å². The lowest BCUT2D eigenvalue weighted by Crippen LogP contribution is -2.38. The van der Waals surface area contributed by atoms with Crippen LogP contribution in [0.5, 0.6) is 0 Å². The zero-order valence-electron chi connectivity index (χ0n) is 25.7. The molecule has 0 bridgehead atoms. The van der Waals surface area contributed by atoms with E-state index in [1.165, 1.54) is 55.7 Å². The second kappa shape index (κ2) is 12.6. The van der Waals surface area contributed by atoms with Crippen LogP contribution in [-0.4, -0.2) is 52.6 Å². The molecule has 7 rings (SSSR count). The fourth-order valence-corrected chi connectivity index (χ4v) is 6.41. The van der Waals surface area contributed by atoms with Crippen LogP contribution in [0.3, 0.4) is 0 Å². The van der Waals surface area contributed by atoms with Crippen LogP contribution in [0.1, 0.15) is 22.5 Å². The molecule has 0 atom stereocenters. The summed E-state index contributed by atoms with van der Waals surface area (Å²) in [4.78, 5) is 4.90. The Hall–Kier alpha value is -4.52. The topological polar surface area (TPSA) is 32.7 Å². The third kappa shape index (κ3) is 5.71. The zero-order chi connectivity index (χ0) is 29.9. The minimum absolute atomic E-state index is 0.773. The van der Waals surface area contributed by atoms with Gasteiger partial charge in [-0.05, 0) is 35.4 Å². The van der Waals surface area contributed by atoms with Crippen molar-refractivity contribution >= 4 is 57.5 Å². The van der Waals surface area contributed by atoms with Crippen LogP contribution in [0.25, 0.3) is 46.1 Å². The molecule has 0 amide bonds. The Morgan fingerprint density at radius 3 is 1.32 bits per heavy atom. The van der Waals surface area contributed by atoms with Gasteiger partial charge in [0.2, 0.25) is 22.4 Å². The molecule has 2 aliphatic heterocycles. The van der Waals surface area contributed by atoms with E-state index in [0.29, 0.717) is 0 Å². The summed E-state index contributed by atoms with van der Waals surface area (Å²) in [6.45, 7) is 6.77. The molecular formula is C38H40N4O2+2. The lowest BCUT2D eigenvalue weighted by atomic mass is 10.1. The van der Waals surface area contributed by atoms with E-state index in [1.807, 2.05) is 0 Å². The molecule has 0 spiro atoms. The van der Waals surface area contributed by atoms with Gasteiger partial charge in [-0.3, -0.25) is 0 Å². The van der Waals surface area contributed by atoms with Crippen LogP contribution in [0, 0.1) is 0 Å². The van der Waals surface area contributed by atoms with Crippen LogP contribution in [0.15, 0.2) is 84.9 Å². The molecule has 222 valence electrons. The Morgan fingerprint density at radius 2 is 0.909 bits per heavy atom. The normalized spacial score (nSPS) is 16.1. The van der Waals surface area contributed by atoms with Gasteiger partial charge in [0.1, 0.15) is 14.1 Å². The lowest BCUT2D eigenvalue weighted by molar-refractivity contribution is -0.646. The van der Waals surface area contributed by atoms with E-state index in [4.69, 9.17) is 9.47 Å². The van der Waals surface area contributed by atoms with E-state index >= 15 is 0 Å². The predicted molar refractivity (Wildman–Crippen MR) is 181 cm³/mol. The average Bonchev–Trinajstić information content (AvgIpc) is 3.09. The quantitative estimate of drug-likeness (QED) is 0.241. The Balaban J connectivity index is 1.14. The van der Waals surface area contributed by atoms with Crippen molar-refractivity contribution in [3.8, 4) is 0 Å². The van der Waals surface area contributed by atoms with Crippen molar-refractivity contribution in [3.05, 3.63) is 107 Å². The maximum atomic E-state index is 5.62. The fraction of sp³-hybridized carbons (Fsp3) is 0.263. The van der Waals surface area contributed by atoms with Crippen LogP contribution in [-0.2, 0) is 23.6 Å². The molecule has 2 saturated heterocycles. The fourth-order valence-electron chi connectivity index (χ4n) is 6.41. The molecule has 6 nitrogen and oxygen atoms in total. The van der Waals surface area contributed by atoms with Crippen molar-refractivity contribution < 1.29 is 18.6 Å². The molecule has 0 saturated carbocycles. The molecule has 2 aliphatic rings. The van der Waals surface area contributed by atoms with E-state index in [9.17, 15) is 0 Å². The Kier molecular flexibility index (Phi) is 8.10. The van der Waals surface area contributed by atoms with Crippen molar-refractivity contribution in [1.82, 2.24) is 0 Å². The van der Waals surface area contributed by atoms with Gasteiger partial charge in [0.25, 0.3) is 0 Å². The molecule has 0 unspecified atom stereocenters. The largest absolute Gasteiger partial charge is 0.378 e. The van der Waals surface area contributed by atoms with Crippen molar-refractivity contribution in [2.24, 2.45) is 14.1 Å². The molecule has 2 fully saturated rings. The maximum absolute atomic E-state index is 5.62. The van der Waals surface area contributed by atoms with Gasteiger partial charge in [0, 0.05) is 62.6 Å². The molecule has 4 heterocycles. The molecular weight excluding hydrogens is 544 g/mol. The second-order valence-electron chi connectivity index (χ2n) is 11.6. The molecule has 0 N–H and O–H groups in total. The summed E-state index contributed by atoms with van der Waals surface area (Å²) in [5.41, 5.74) is 9.72. The highest BCUT2D eigenvalue weighted by Gasteiger charge is 2.21. The number of pyridine rings is 2. The highest BCUT2D eigenvalue weighted by atomic mass is 16.5. The summed E-state index contributed by atoms with van der Waals surface area (Å²) in [7, 11) is 4.30. The monoisotopic (exact) mass is 584 g/mol. The van der Waals surface area contributed by atoms with Crippen LogP contribution < -0.4 is 18.9 Å². The number of hydrogen-bond donors (Lipinski definition) is 0. The van der Waals surface area contributed by atoms with E-state index in [0.717, 1.165) is 52.6 Å². The summed E-state index contributed by atoms with van der Waals surface area (Å²) in [5, 5.41) is 2.56. The number of anilines is 2. The third-order valence-corrected chi connectivity index (χ3v) is 8.96. The number of ether oxygens (including phenoxy) is 2. The van der Waals surface area contributed by atoms with Crippen LogP contribution >= 0.6 is 0 Å². The first-order chi connectivity index (χ1) is 21.7. The molecule has 44 heavy (non-hydrogen) atoms. The minimum atomic E-state index is 0.773. The lowest BCUT2D eigenvalue weighted by Gasteiger charge is -2.29. The first-order valence-electron chi connectivity index (χ1n) is 15.6. The number of benzene rings is 3. The van der Waals surface area contributed by atoms with Crippen LogP contribution in [0.4, 0.5) is 11.4 Å². The first kappa shape index (κ1) is 28.3. The van der Waals surface area contributed by atoms with Gasteiger partial charge >= 0.3 is 0 Å². The number of para-hydroxylation sites is 2. The summed E-state index contributed by atoms with van der Waals surface area (Å²) in [6, 6.07) is 30.8. The summed E-state index contributed by atoms with van der Waals surface area (Å²) in [5.74, 6) is 0. The number of fused-ring (bicyclic) bond motifs is 2. The first-order valence-corrected chi connectivity index (χ1v) is 15.6. The number of aromatic nitrogens is 2. The smallest absolute Gasteiger partial charge is 0.214 e. The van der Waals surface area contributed by atoms with Crippen molar-refractivity contribution in [1.29, 1.82) is 0 Å². The molecule has 3 aromatic carbocycles. The van der Waals surface area contributed by atoms with Gasteiger partial charge in [-0.25, -0.2) is 0 Å². The predicted octanol–water partition coefficient (Wildman–Crippen LogP) is 5.66. The summed E-state index contributed by atoms with van der Waals surface area (Å²) < 4.78 is 15.8. The molecule has 6 heteroatoms. The Bertz CT molecular complexity index is 1710. The molecule has 0 aliphatic carbocycles. The summed E-state index contributed by atoms with van der Waals surface area (Å²) in [6.07, 6.45) is 8.87. The van der Waals surface area contributed by atoms with Crippen molar-refractivity contribution in [2.45, 2.75) is 0 Å². The maximum Gasteiger partial charge on any atom is 0.214 e. The van der Waals surface area contributed by atoms with Gasteiger partial charge in [0.05, 0.1) is 48.6 Å². The number of aryl methyl sites for hydroxylation is 2. The standard InChI is InChI=1S/C38H40N4O2/c1-39-31(27-37(41-19-23-43-24-20-41)33-7-3-5-9-35(33)39)17-15-29-11-13-30(14-12-29)16-18-32-28-38(42-21-25-44-26-22-42)34-8-4-6-10-36(34)40(32)2/h3-18,27-28H,19-26H2,1-2H3/q+2/b17-15+,18-16+. The molecule has 2 aromatic heterocycles. The van der Waals surface area contributed by atoms with E-state index < -0.39 is 0 Å². The van der Waals surface area contributed by atoms with Gasteiger partial charge in [0.15, 0.2) is 0 Å². The Labute approximate surface area is 259 Å². The Morgan fingerprint density at radius 1 is 0.523 bits per heavy atom. The van der Waals surface area contributed by atoms with Crippen molar-refractivity contribution in [3.63, 3.8) is 0 Å². The highest BCUT2D eigenvalue weighted by Crippen LogP contribution is 2.29. The van der Waals surface area contributed by atoms with Gasteiger partial charge < -0.3 is 19.3 Å². The average molecular weight is 585 g/mol. The van der Waals surface area contributed by atoms with Crippen molar-refractivity contribution in [2.75, 3.05) is 62.4 Å². The van der Waals surface area contributed by atoms with Gasteiger partial charge in [-0.2, -0.15) is 9.13 Å². The van der Waals surface area contributed by atoms with Crippen LogP contribution in [0.2, 0.25) is 0 Å². The number of nitrogens with zero attached hydrogens (tertiary/aromatic N) is 4. The number of rotatable bonds is 6. The zero-order valence-corrected chi connectivity index (χ0v) is 25.7. The molecule has 5 aromatic rings. The van der Waals surface area contributed by atoms with Gasteiger partial charge in [-0.1, -0.05) is 48.5 Å². The van der Waals surface area contributed by atoms with Gasteiger partial charge in [-0.15, -0.1) is 0 Å².